The lowest BCUT2D eigenvalue weighted by atomic mass is 9.90. The topological polar surface area (TPSA) is 80.8 Å². The van der Waals surface area contributed by atoms with Crippen molar-refractivity contribution in [2.45, 2.75) is 38.1 Å². The number of ether oxygens (including phenoxy) is 2. The van der Waals surface area contributed by atoms with Gasteiger partial charge in [0.25, 0.3) is 0 Å². The first-order valence-electron chi connectivity index (χ1n) is 10.4. The van der Waals surface area contributed by atoms with E-state index < -0.39 is 0 Å². The number of anilines is 1. The number of esters is 1. The van der Waals surface area contributed by atoms with Crippen LogP contribution in [0.25, 0.3) is 0 Å². The summed E-state index contributed by atoms with van der Waals surface area (Å²) in [5, 5.41) is 3.24. The maximum atomic E-state index is 12.6. The van der Waals surface area contributed by atoms with Crippen LogP contribution >= 0.6 is 0 Å². The van der Waals surface area contributed by atoms with Crippen LogP contribution in [0.5, 0.6) is 0 Å². The molecule has 0 radical (unpaired) electrons. The van der Waals surface area contributed by atoms with Crippen LogP contribution in [-0.2, 0) is 20.8 Å². The fraction of sp³-hybridized carbons (Fsp3) is 0.435. The van der Waals surface area contributed by atoms with E-state index in [0.717, 1.165) is 36.3 Å². The van der Waals surface area contributed by atoms with Crippen molar-refractivity contribution in [1.82, 2.24) is 9.88 Å². The Kier molecular flexibility index (Phi) is 8.06. The molecular formula is C23H29N3O4. The van der Waals surface area contributed by atoms with E-state index in [1.54, 1.807) is 11.1 Å². The number of aromatic nitrogens is 1. The Hall–Kier alpha value is -3.09. The first-order chi connectivity index (χ1) is 14.7. The second kappa shape index (κ2) is 11.2. The van der Waals surface area contributed by atoms with Gasteiger partial charge in [-0.2, -0.15) is 0 Å². The Bertz CT molecular complexity index is 828. The van der Waals surface area contributed by atoms with E-state index >= 15 is 0 Å². The molecule has 0 fully saturated rings. The van der Waals surface area contributed by atoms with Gasteiger partial charge in [0.1, 0.15) is 5.82 Å². The van der Waals surface area contributed by atoms with Crippen LogP contribution in [0.4, 0.5) is 10.6 Å². The SMILES string of the molecule is COC(=O)CC1CCN(C(=O)OCCCCNc2ccccn2)Cc2ccccc21. The summed E-state index contributed by atoms with van der Waals surface area (Å²) in [7, 11) is 1.40. The van der Waals surface area contributed by atoms with Gasteiger partial charge in [-0.25, -0.2) is 9.78 Å². The van der Waals surface area contributed by atoms with Gasteiger partial charge in [0.05, 0.1) is 20.1 Å². The van der Waals surface area contributed by atoms with E-state index in [1.165, 1.54) is 7.11 Å². The summed E-state index contributed by atoms with van der Waals surface area (Å²) in [5.74, 6) is 0.661. The molecule has 1 amide bonds. The lowest BCUT2D eigenvalue weighted by molar-refractivity contribution is -0.141. The van der Waals surface area contributed by atoms with E-state index in [9.17, 15) is 9.59 Å². The summed E-state index contributed by atoms with van der Waals surface area (Å²) >= 11 is 0. The fourth-order valence-corrected chi connectivity index (χ4v) is 3.64. The molecule has 0 saturated carbocycles. The van der Waals surface area contributed by atoms with Crippen molar-refractivity contribution in [2.75, 3.05) is 32.1 Å². The molecule has 2 heterocycles. The molecule has 1 aromatic heterocycles. The highest BCUT2D eigenvalue weighted by Crippen LogP contribution is 2.31. The number of pyridine rings is 1. The number of rotatable bonds is 8. The third-order valence-electron chi connectivity index (χ3n) is 5.27. The molecule has 2 aromatic rings. The van der Waals surface area contributed by atoms with Gasteiger partial charge in [0.2, 0.25) is 0 Å². The third-order valence-corrected chi connectivity index (χ3v) is 5.27. The van der Waals surface area contributed by atoms with E-state index in [1.807, 2.05) is 42.5 Å². The smallest absolute Gasteiger partial charge is 0.410 e. The molecule has 160 valence electrons. The van der Waals surface area contributed by atoms with Gasteiger partial charge < -0.3 is 19.7 Å². The number of hydrogen-bond donors (Lipinski definition) is 1. The van der Waals surface area contributed by atoms with Gasteiger partial charge in [0, 0.05) is 25.8 Å². The minimum absolute atomic E-state index is 0.0455. The van der Waals surface area contributed by atoms with Crippen molar-refractivity contribution in [3.8, 4) is 0 Å². The van der Waals surface area contributed by atoms with Crippen molar-refractivity contribution in [3.63, 3.8) is 0 Å². The van der Waals surface area contributed by atoms with Crippen LogP contribution in [0.15, 0.2) is 48.7 Å². The summed E-state index contributed by atoms with van der Waals surface area (Å²) in [5.41, 5.74) is 2.17. The van der Waals surface area contributed by atoms with Gasteiger partial charge in [-0.1, -0.05) is 30.3 Å². The van der Waals surface area contributed by atoms with Crippen LogP contribution in [0.2, 0.25) is 0 Å². The zero-order valence-corrected chi connectivity index (χ0v) is 17.4. The fourth-order valence-electron chi connectivity index (χ4n) is 3.64. The first-order valence-corrected chi connectivity index (χ1v) is 10.4. The van der Waals surface area contributed by atoms with Gasteiger partial charge >= 0.3 is 12.1 Å². The third kappa shape index (κ3) is 6.20. The molecule has 1 unspecified atom stereocenters. The second-order valence-corrected chi connectivity index (χ2v) is 7.35. The second-order valence-electron chi connectivity index (χ2n) is 7.35. The molecular weight excluding hydrogens is 382 g/mol. The molecule has 30 heavy (non-hydrogen) atoms. The first kappa shape index (κ1) is 21.6. The molecule has 7 nitrogen and oxygen atoms in total. The highest BCUT2D eigenvalue weighted by Gasteiger charge is 2.27. The molecule has 1 aliphatic heterocycles. The monoisotopic (exact) mass is 411 g/mol. The molecule has 1 N–H and O–H groups in total. The Morgan fingerprint density at radius 3 is 2.80 bits per heavy atom. The number of nitrogens with one attached hydrogen (secondary N) is 1. The molecule has 3 rings (SSSR count). The summed E-state index contributed by atoms with van der Waals surface area (Å²) < 4.78 is 10.3. The van der Waals surface area contributed by atoms with E-state index in [0.29, 0.717) is 32.5 Å². The highest BCUT2D eigenvalue weighted by molar-refractivity contribution is 5.71. The van der Waals surface area contributed by atoms with Crippen LogP contribution < -0.4 is 5.32 Å². The quantitative estimate of drug-likeness (QED) is 0.523. The predicted octanol–water partition coefficient (Wildman–Crippen LogP) is 3.96. The number of unbranched alkanes of at least 4 members (excludes halogenated alkanes) is 1. The molecule has 1 aliphatic rings. The summed E-state index contributed by atoms with van der Waals surface area (Å²) in [6.45, 7) is 2.21. The van der Waals surface area contributed by atoms with E-state index in [-0.39, 0.29) is 18.0 Å². The number of carbonyl (C=O) groups excluding carboxylic acids is 2. The van der Waals surface area contributed by atoms with Crippen molar-refractivity contribution in [2.24, 2.45) is 0 Å². The van der Waals surface area contributed by atoms with Crippen molar-refractivity contribution < 1.29 is 19.1 Å². The molecule has 1 aromatic carbocycles. The summed E-state index contributed by atoms with van der Waals surface area (Å²) in [6, 6.07) is 13.7. The van der Waals surface area contributed by atoms with Crippen molar-refractivity contribution >= 4 is 17.9 Å². The molecule has 0 saturated heterocycles. The van der Waals surface area contributed by atoms with Gasteiger partial charge in [-0.05, 0) is 48.4 Å². The molecule has 7 heteroatoms. The molecule has 1 atom stereocenters. The number of benzene rings is 1. The number of fused-ring (bicyclic) bond motifs is 1. The minimum atomic E-state index is -0.304. The molecule has 0 spiro atoms. The lowest BCUT2D eigenvalue weighted by Gasteiger charge is -2.20. The zero-order chi connectivity index (χ0) is 21.2. The summed E-state index contributed by atoms with van der Waals surface area (Å²) in [6.07, 6.45) is 4.13. The normalized spacial score (nSPS) is 15.6. The molecule has 0 aliphatic carbocycles. The Labute approximate surface area is 177 Å². The van der Waals surface area contributed by atoms with Crippen LogP contribution in [0, 0.1) is 0 Å². The van der Waals surface area contributed by atoms with E-state index in [4.69, 9.17) is 9.47 Å². The Morgan fingerprint density at radius 1 is 1.17 bits per heavy atom. The standard InChI is InChI=1S/C23H29N3O4/c1-29-22(27)16-18-11-14-26(17-19-8-2-3-9-20(18)19)23(28)30-15-7-6-13-25-21-10-4-5-12-24-21/h2-5,8-10,12,18H,6-7,11,13-17H2,1H3,(H,24,25). The van der Waals surface area contributed by atoms with Crippen molar-refractivity contribution in [3.05, 3.63) is 59.8 Å². The maximum absolute atomic E-state index is 12.6. The summed E-state index contributed by atoms with van der Waals surface area (Å²) in [4.78, 5) is 30.3. The van der Waals surface area contributed by atoms with E-state index in [2.05, 4.69) is 10.3 Å². The average molecular weight is 412 g/mol. The minimum Gasteiger partial charge on any atom is -0.469 e. The average Bonchev–Trinajstić information content (AvgIpc) is 2.96. The van der Waals surface area contributed by atoms with Gasteiger partial charge in [0.15, 0.2) is 0 Å². The molecule has 0 bridgehead atoms. The zero-order valence-electron chi connectivity index (χ0n) is 17.4. The Morgan fingerprint density at radius 2 is 2.00 bits per heavy atom. The van der Waals surface area contributed by atoms with Crippen LogP contribution in [0.3, 0.4) is 0 Å². The lowest BCUT2D eigenvalue weighted by Crippen LogP contribution is -2.31. The number of amides is 1. The number of methoxy groups -OCH3 is 1. The van der Waals surface area contributed by atoms with Gasteiger partial charge in [-0.15, -0.1) is 0 Å². The maximum Gasteiger partial charge on any atom is 0.410 e. The Balaban J connectivity index is 1.45. The largest absolute Gasteiger partial charge is 0.469 e. The number of hydrogen-bond acceptors (Lipinski definition) is 6. The van der Waals surface area contributed by atoms with Crippen LogP contribution in [-0.4, -0.2) is 48.8 Å². The predicted molar refractivity (Wildman–Crippen MR) is 114 cm³/mol. The van der Waals surface area contributed by atoms with Crippen molar-refractivity contribution in [1.29, 1.82) is 0 Å². The van der Waals surface area contributed by atoms with Crippen LogP contribution in [0.1, 0.15) is 42.7 Å². The number of nitrogens with zero attached hydrogens (tertiary/aromatic N) is 2. The van der Waals surface area contributed by atoms with Gasteiger partial charge in [-0.3, -0.25) is 4.79 Å². The number of carbonyl (C=O) groups is 2. The highest BCUT2D eigenvalue weighted by atomic mass is 16.6.